The Labute approximate surface area is 159 Å². The third-order valence-electron chi connectivity index (χ3n) is 3.90. The van der Waals surface area contributed by atoms with Crippen LogP contribution in [0.2, 0.25) is 0 Å². The van der Waals surface area contributed by atoms with E-state index in [9.17, 15) is 4.79 Å². The summed E-state index contributed by atoms with van der Waals surface area (Å²) in [6.45, 7) is 2.29. The highest BCUT2D eigenvalue weighted by atomic mass is 32.1. The third-order valence-corrected chi connectivity index (χ3v) is 5.05. The molecule has 0 saturated carbocycles. The number of amides is 1. The quantitative estimate of drug-likeness (QED) is 0.579. The van der Waals surface area contributed by atoms with E-state index in [2.05, 4.69) is 25.6 Å². The summed E-state index contributed by atoms with van der Waals surface area (Å²) >= 11 is 1.28. The fraction of sp³-hybridized carbons (Fsp3) is 0.105. The van der Waals surface area contributed by atoms with Crippen molar-refractivity contribution in [3.8, 4) is 16.5 Å². The van der Waals surface area contributed by atoms with Crippen LogP contribution in [0.1, 0.15) is 20.9 Å². The van der Waals surface area contributed by atoms with E-state index in [1.807, 2.05) is 55.5 Å². The highest BCUT2D eigenvalue weighted by Crippen LogP contribution is 2.22. The number of hydrogen-bond donors (Lipinski definition) is 1. The van der Waals surface area contributed by atoms with Gasteiger partial charge in [-0.15, -0.1) is 5.10 Å². The van der Waals surface area contributed by atoms with Crippen LogP contribution in [0, 0.1) is 6.92 Å². The number of benzene rings is 1. The summed E-state index contributed by atoms with van der Waals surface area (Å²) in [5.74, 6) is -0.148. The first kappa shape index (κ1) is 17.0. The fourth-order valence-corrected chi connectivity index (χ4v) is 3.44. The number of aryl methyl sites for hydroxylation is 1. The number of carbonyl (C=O) groups is 1. The maximum atomic E-state index is 12.5. The van der Waals surface area contributed by atoms with Gasteiger partial charge in [-0.3, -0.25) is 9.78 Å². The highest BCUT2D eigenvalue weighted by molar-refractivity contribution is 7.16. The molecule has 3 aromatic heterocycles. The monoisotopic (exact) mass is 376 g/mol. The molecule has 134 valence electrons. The Kier molecular flexibility index (Phi) is 4.71. The van der Waals surface area contributed by atoms with Crippen LogP contribution < -0.4 is 5.32 Å². The Balaban J connectivity index is 1.51. The van der Waals surface area contributed by atoms with E-state index in [-0.39, 0.29) is 5.91 Å². The predicted octanol–water partition coefficient (Wildman–Crippen LogP) is 3.02. The molecule has 27 heavy (non-hydrogen) atoms. The molecule has 3 heterocycles. The van der Waals surface area contributed by atoms with Gasteiger partial charge < -0.3 is 5.32 Å². The lowest BCUT2D eigenvalue weighted by atomic mass is 10.2. The van der Waals surface area contributed by atoms with E-state index in [0.717, 1.165) is 11.3 Å². The van der Waals surface area contributed by atoms with Gasteiger partial charge in [0.15, 0.2) is 0 Å². The van der Waals surface area contributed by atoms with Crippen molar-refractivity contribution in [3.63, 3.8) is 0 Å². The molecule has 1 N–H and O–H groups in total. The van der Waals surface area contributed by atoms with Crippen LogP contribution in [0.15, 0.2) is 60.9 Å². The summed E-state index contributed by atoms with van der Waals surface area (Å²) in [5.41, 5.74) is 3.09. The normalized spacial score (nSPS) is 10.7. The second-order valence-corrected chi connectivity index (χ2v) is 6.82. The van der Waals surface area contributed by atoms with Gasteiger partial charge in [0.1, 0.15) is 10.6 Å². The minimum atomic E-state index is -0.148. The van der Waals surface area contributed by atoms with Gasteiger partial charge in [0.2, 0.25) is 5.13 Å². The molecule has 8 heteroatoms. The van der Waals surface area contributed by atoms with Crippen molar-refractivity contribution in [2.75, 3.05) is 0 Å². The molecule has 4 rings (SSSR count). The predicted molar refractivity (Wildman–Crippen MR) is 103 cm³/mol. The summed E-state index contributed by atoms with van der Waals surface area (Å²) < 4.78 is 1.57. The average molecular weight is 376 g/mol. The zero-order valence-corrected chi connectivity index (χ0v) is 15.3. The average Bonchev–Trinajstić information content (AvgIpc) is 3.35. The first-order valence-corrected chi connectivity index (χ1v) is 9.16. The van der Waals surface area contributed by atoms with Gasteiger partial charge in [0.05, 0.1) is 17.6 Å². The number of nitrogens with zero attached hydrogens (tertiary/aromatic N) is 5. The molecule has 7 nitrogen and oxygen atoms in total. The van der Waals surface area contributed by atoms with Crippen LogP contribution >= 0.6 is 11.3 Å². The van der Waals surface area contributed by atoms with E-state index in [4.69, 9.17) is 0 Å². The molecule has 1 aromatic carbocycles. The van der Waals surface area contributed by atoms with E-state index in [1.165, 1.54) is 11.3 Å². The van der Waals surface area contributed by atoms with Crippen molar-refractivity contribution in [1.29, 1.82) is 0 Å². The zero-order chi connectivity index (χ0) is 18.6. The Morgan fingerprint density at radius 1 is 1.11 bits per heavy atom. The minimum Gasteiger partial charge on any atom is -0.347 e. The molecule has 0 unspecified atom stereocenters. The SMILES string of the molecule is Cc1nc(-n2cc(-c3ccccn3)nn2)sc1C(=O)NCc1ccccc1. The number of carbonyl (C=O) groups excluding carboxylic acids is 1. The van der Waals surface area contributed by atoms with Crippen LogP contribution in [0.25, 0.3) is 16.5 Å². The topological polar surface area (TPSA) is 85.6 Å². The van der Waals surface area contributed by atoms with Crippen LogP contribution in [-0.4, -0.2) is 30.9 Å². The summed E-state index contributed by atoms with van der Waals surface area (Å²) in [4.78, 5) is 21.8. The van der Waals surface area contributed by atoms with E-state index in [0.29, 0.717) is 27.9 Å². The van der Waals surface area contributed by atoms with Crippen molar-refractivity contribution >= 4 is 17.2 Å². The van der Waals surface area contributed by atoms with Crippen molar-refractivity contribution in [2.45, 2.75) is 13.5 Å². The van der Waals surface area contributed by atoms with Crippen LogP contribution in [0.4, 0.5) is 0 Å². The fourth-order valence-electron chi connectivity index (χ4n) is 2.54. The summed E-state index contributed by atoms with van der Waals surface area (Å²) in [7, 11) is 0. The van der Waals surface area contributed by atoms with Crippen LogP contribution in [-0.2, 0) is 6.54 Å². The molecular formula is C19H16N6OS. The smallest absolute Gasteiger partial charge is 0.263 e. The Bertz CT molecular complexity index is 1060. The number of nitrogens with one attached hydrogen (secondary N) is 1. The van der Waals surface area contributed by atoms with Crippen molar-refractivity contribution in [2.24, 2.45) is 0 Å². The Hall–Kier alpha value is -3.39. The van der Waals surface area contributed by atoms with Gasteiger partial charge in [-0.1, -0.05) is 52.9 Å². The molecule has 4 aromatic rings. The number of thiazole rings is 1. The number of hydrogen-bond acceptors (Lipinski definition) is 6. The minimum absolute atomic E-state index is 0.148. The largest absolute Gasteiger partial charge is 0.347 e. The van der Waals surface area contributed by atoms with E-state index >= 15 is 0 Å². The van der Waals surface area contributed by atoms with E-state index < -0.39 is 0 Å². The lowest BCUT2D eigenvalue weighted by Gasteiger charge is -2.03. The summed E-state index contributed by atoms with van der Waals surface area (Å²) in [5, 5.41) is 11.8. The zero-order valence-electron chi connectivity index (χ0n) is 14.5. The second-order valence-electron chi connectivity index (χ2n) is 5.84. The standard InChI is InChI=1S/C19H16N6OS/c1-13-17(18(26)21-11-14-7-3-2-4-8-14)27-19(22-13)25-12-16(23-24-25)15-9-5-6-10-20-15/h2-10,12H,11H2,1H3,(H,21,26). The second kappa shape index (κ2) is 7.46. The van der Waals surface area contributed by atoms with Crippen molar-refractivity contribution < 1.29 is 4.79 Å². The van der Waals surface area contributed by atoms with Gasteiger partial charge >= 0.3 is 0 Å². The number of pyridine rings is 1. The van der Waals surface area contributed by atoms with Gasteiger partial charge in [0.25, 0.3) is 5.91 Å². The van der Waals surface area contributed by atoms with Gasteiger partial charge in [-0.05, 0) is 24.6 Å². The maximum absolute atomic E-state index is 12.5. The maximum Gasteiger partial charge on any atom is 0.263 e. The molecule has 0 bridgehead atoms. The molecule has 0 atom stereocenters. The molecule has 0 aliphatic heterocycles. The molecule has 0 aliphatic rings. The molecule has 0 radical (unpaired) electrons. The van der Waals surface area contributed by atoms with E-state index in [1.54, 1.807) is 17.1 Å². The van der Waals surface area contributed by atoms with Crippen molar-refractivity contribution in [1.82, 2.24) is 30.3 Å². The van der Waals surface area contributed by atoms with Crippen LogP contribution in [0.3, 0.4) is 0 Å². The Morgan fingerprint density at radius 2 is 1.93 bits per heavy atom. The Morgan fingerprint density at radius 3 is 2.70 bits per heavy atom. The molecule has 0 spiro atoms. The van der Waals surface area contributed by atoms with Gasteiger partial charge in [0, 0.05) is 12.7 Å². The lowest BCUT2D eigenvalue weighted by Crippen LogP contribution is -2.22. The van der Waals surface area contributed by atoms with Crippen LogP contribution in [0.5, 0.6) is 0 Å². The number of aromatic nitrogens is 5. The third kappa shape index (κ3) is 3.75. The number of rotatable bonds is 5. The molecular weight excluding hydrogens is 360 g/mol. The lowest BCUT2D eigenvalue weighted by molar-refractivity contribution is 0.0954. The summed E-state index contributed by atoms with van der Waals surface area (Å²) in [6, 6.07) is 15.4. The van der Waals surface area contributed by atoms with Crippen molar-refractivity contribution in [3.05, 3.63) is 77.1 Å². The molecule has 0 saturated heterocycles. The molecule has 0 fully saturated rings. The van der Waals surface area contributed by atoms with Gasteiger partial charge in [-0.25, -0.2) is 4.98 Å². The first-order chi connectivity index (χ1) is 13.2. The first-order valence-electron chi connectivity index (χ1n) is 8.34. The summed E-state index contributed by atoms with van der Waals surface area (Å²) in [6.07, 6.45) is 3.46. The molecule has 1 amide bonds. The highest BCUT2D eigenvalue weighted by Gasteiger charge is 2.17. The van der Waals surface area contributed by atoms with Gasteiger partial charge in [-0.2, -0.15) is 4.68 Å². The molecule has 0 aliphatic carbocycles.